The van der Waals surface area contributed by atoms with Gasteiger partial charge in [-0.1, -0.05) is 29.8 Å². The minimum atomic E-state index is -0.470. The van der Waals surface area contributed by atoms with Crippen molar-refractivity contribution < 1.29 is 14.5 Å². The SMILES string of the molecule is CN(CCCOc1ccc(Cl)cc1)C(=O)Cc1ccccc1[N+](=O)[O-]. The number of amides is 1. The monoisotopic (exact) mass is 362 g/mol. The molecule has 0 aliphatic heterocycles. The molecule has 0 heterocycles. The van der Waals surface area contributed by atoms with Crippen molar-refractivity contribution in [1.82, 2.24) is 4.90 Å². The number of benzene rings is 2. The first-order valence-electron chi connectivity index (χ1n) is 7.82. The molecule has 0 unspecified atom stereocenters. The molecule has 2 aromatic rings. The van der Waals surface area contributed by atoms with Crippen LogP contribution < -0.4 is 4.74 Å². The van der Waals surface area contributed by atoms with Gasteiger partial charge in [0.15, 0.2) is 0 Å². The second-order valence-electron chi connectivity index (χ2n) is 5.53. The first kappa shape index (κ1) is 18.7. The summed E-state index contributed by atoms with van der Waals surface area (Å²) in [6.07, 6.45) is 0.660. The van der Waals surface area contributed by atoms with Crippen LogP contribution in [-0.2, 0) is 11.2 Å². The molecule has 0 atom stereocenters. The molecule has 7 heteroatoms. The molecule has 0 saturated carbocycles. The van der Waals surface area contributed by atoms with Crippen LogP contribution in [-0.4, -0.2) is 35.9 Å². The van der Waals surface area contributed by atoms with Crippen molar-refractivity contribution >= 4 is 23.2 Å². The molecule has 0 aliphatic rings. The summed E-state index contributed by atoms with van der Waals surface area (Å²) in [6, 6.07) is 13.4. The summed E-state index contributed by atoms with van der Waals surface area (Å²) in [4.78, 5) is 24.3. The van der Waals surface area contributed by atoms with Crippen molar-refractivity contribution in [3.05, 3.63) is 69.2 Å². The van der Waals surface area contributed by atoms with E-state index < -0.39 is 4.92 Å². The van der Waals surface area contributed by atoms with Crippen LogP contribution in [0.5, 0.6) is 5.75 Å². The Kier molecular flexibility index (Phi) is 6.77. The summed E-state index contributed by atoms with van der Waals surface area (Å²) in [5, 5.41) is 11.6. The predicted octanol–water partition coefficient (Wildman–Crippen LogP) is 3.72. The van der Waals surface area contributed by atoms with Gasteiger partial charge >= 0.3 is 0 Å². The number of rotatable bonds is 8. The molecule has 2 aromatic carbocycles. The lowest BCUT2D eigenvalue weighted by molar-refractivity contribution is -0.385. The number of hydrogen-bond acceptors (Lipinski definition) is 4. The Morgan fingerprint density at radius 3 is 2.56 bits per heavy atom. The van der Waals surface area contributed by atoms with Gasteiger partial charge in [-0.05, 0) is 30.7 Å². The number of nitro groups is 1. The van der Waals surface area contributed by atoms with Crippen molar-refractivity contribution in [3.8, 4) is 5.75 Å². The van der Waals surface area contributed by atoms with Gasteiger partial charge in [-0.3, -0.25) is 14.9 Å². The maximum atomic E-state index is 12.2. The molecule has 0 N–H and O–H groups in total. The fourth-order valence-electron chi connectivity index (χ4n) is 2.28. The highest BCUT2D eigenvalue weighted by molar-refractivity contribution is 6.30. The molecule has 0 spiro atoms. The maximum absolute atomic E-state index is 12.2. The van der Waals surface area contributed by atoms with E-state index in [0.717, 1.165) is 5.75 Å². The molecule has 25 heavy (non-hydrogen) atoms. The predicted molar refractivity (Wildman–Crippen MR) is 96.0 cm³/mol. The van der Waals surface area contributed by atoms with Gasteiger partial charge in [0.25, 0.3) is 5.69 Å². The number of carbonyl (C=O) groups is 1. The first-order chi connectivity index (χ1) is 12.0. The average molecular weight is 363 g/mol. The molecule has 0 saturated heterocycles. The van der Waals surface area contributed by atoms with Crippen molar-refractivity contribution in [3.63, 3.8) is 0 Å². The highest BCUT2D eigenvalue weighted by Crippen LogP contribution is 2.19. The second kappa shape index (κ2) is 9.03. The fourth-order valence-corrected chi connectivity index (χ4v) is 2.41. The molecule has 0 bridgehead atoms. The van der Waals surface area contributed by atoms with E-state index >= 15 is 0 Å². The Bertz CT molecular complexity index is 734. The number of ether oxygens (including phenoxy) is 1. The van der Waals surface area contributed by atoms with Crippen LogP contribution in [0.1, 0.15) is 12.0 Å². The highest BCUT2D eigenvalue weighted by atomic mass is 35.5. The lowest BCUT2D eigenvalue weighted by Crippen LogP contribution is -2.30. The van der Waals surface area contributed by atoms with E-state index in [0.29, 0.717) is 30.2 Å². The van der Waals surface area contributed by atoms with Crippen LogP contribution in [0.3, 0.4) is 0 Å². The van der Waals surface area contributed by atoms with E-state index in [9.17, 15) is 14.9 Å². The van der Waals surface area contributed by atoms with E-state index in [1.165, 1.54) is 6.07 Å². The summed E-state index contributed by atoms with van der Waals surface area (Å²) >= 11 is 5.80. The molecular weight excluding hydrogens is 344 g/mol. The summed E-state index contributed by atoms with van der Waals surface area (Å²) in [5.74, 6) is 0.555. The molecule has 0 aliphatic carbocycles. The van der Waals surface area contributed by atoms with Crippen molar-refractivity contribution in [2.45, 2.75) is 12.8 Å². The van der Waals surface area contributed by atoms with Crippen molar-refractivity contribution in [2.75, 3.05) is 20.2 Å². The zero-order chi connectivity index (χ0) is 18.2. The van der Waals surface area contributed by atoms with Crippen molar-refractivity contribution in [2.24, 2.45) is 0 Å². The van der Waals surface area contributed by atoms with Crippen LogP contribution in [0, 0.1) is 10.1 Å². The molecule has 0 aromatic heterocycles. The third kappa shape index (κ3) is 5.76. The Labute approximate surface area is 151 Å². The third-order valence-electron chi connectivity index (χ3n) is 3.68. The zero-order valence-corrected chi connectivity index (χ0v) is 14.6. The highest BCUT2D eigenvalue weighted by Gasteiger charge is 2.17. The quantitative estimate of drug-likeness (QED) is 0.407. The fraction of sp³-hybridized carbons (Fsp3) is 0.278. The van der Waals surface area contributed by atoms with Crippen molar-refractivity contribution in [1.29, 1.82) is 0 Å². The molecule has 2 rings (SSSR count). The Hall–Kier alpha value is -2.60. The molecule has 1 amide bonds. The Morgan fingerprint density at radius 1 is 1.20 bits per heavy atom. The number of nitro benzene ring substituents is 1. The van der Waals surface area contributed by atoms with Crippen LogP contribution in [0.15, 0.2) is 48.5 Å². The summed E-state index contributed by atoms with van der Waals surface area (Å²) in [5.41, 5.74) is 0.386. The van der Waals surface area contributed by atoms with Gasteiger partial charge in [-0.15, -0.1) is 0 Å². The van der Waals surface area contributed by atoms with E-state index in [2.05, 4.69) is 0 Å². The molecular formula is C18H19ClN2O4. The normalized spacial score (nSPS) is 10.3. The lowest BCUT2D eigenvalue weighted by Gasteiger charge is -2.17. The zero-order valence-electron chi connectivity index (χ0n) is 13.9. The topological polar surface area (TPSA) is 72.7 Å². The third-order valence-corrected chi connectivity index (χ3v) is 3.93. The van der Waals surface area contributed by atoms with Crippen LogP contribution in [0.2, 0.25) is 5.02 Å². The van der Waals surface area contributed by atoms with Crippen LogP contribution in [0.25, 0.3) is 0 Å². The van der Waals surface area contributed by atoms with Crippen LogP contribution >= 0.6 is 11.6 Å². The van der Waals surface area contributed by atoms with E-state index in [4.69, 9.17) is 16.3 Å². The molecule has 0 radical (unpaired) electrons. The minimum Gasteiger partial charge on any atom is -0.494 e. The smallest absolute Gasteiger partial charge is 0.273 e. The van der Waals surface area contributed by atoms with Gasteiger partial charge in [0, 0.05) is 30.2 Å². The van der Waals surface area contributed by atoms with E-state index in [1.54, 1.807) is 54.4 Å². The summed E-state index contributed by atoms with van der Waals surface area (Å²) in [7, 11) is 1.68. The first-order valence-corrected chi connectivity index (χ1v) is 8.20. The largest absolute Gasteiger partial charge is 0.494 e. The number of hydrogen-bond donors (Lipinski definition) is 0. The molecule has 132 valence electrons. The Balaban J connectivity index is 1.78. The van der Waals surface area contributed by atoms with Gasteiger partial charge in [-0.2, -0.15) is 0 Å². The van der Waals surface area contributed by atoms with Gasteiger partial charge in [0.05, 0.1) is 18.0 Å². The van der Waals surface area contributed by atoms with Crippen LogP contribution in [0.4, 0.5) is 5.69 Å². The second-order valence-corrected chi connectivity index (χ2v) is 5.97. The van der Waals surface area contributed by atoms with E-state index in [1.807, 2.05) is 0 Å². The number of nitrogens with zero attached hydrogens (tertiary/aromatic N) is 2. The lowest BCUT2D eigenvalue weighted by atomic mass is 10.1. The van der Waals surface area contributed by atoms with Gasteiger partial charge in [0.2, 0.25) is 5.91 Å². The number of likely N-dealkylation sites (N-methyl/N-ethyl adjacent to an activating group) is 1. The minimum absolute atomic E-state index is 0.00565. The molecule has 0 fully saturated rings. The van der Waals surface area contributed by atoms with E-state index in [-0.39, 0.29) is 18.0 Å². The molecule has 6 nitrogen and oxygen atoms in total. The number of carbonyl (C=O) groups excluding carboxylic acids is 1. The summed E-state index contributed by atoms with van der Waals surface area (Å²) in [6.45, 7) is 0.970. The van der Waals surface area contributed by atoms with Gasteiger partial charge in [-0.25, -0.2) is 0 Å². The standard InChI is InChI=1S/C18H19ClN2O4/c1-20(11-4-12-25-16-9-7-15(19)8-10-16)18(22)13-14-5-2-3-6-17(14)21(23)24/h2-3,5-10H,4,11-13H2,1H3. The maximum Gasteiger partial charge on any atom is 0.273 e. The van der Waals surface area contributed by atoms with Gasteiger partial charge in [0.1, 0.15) is 5.75 Å². The Morgan fingerprint density at radius 2 is 1.88 bits per heavy atom. The summed E-state index contributed by atoms with van der Waals surface area (Å²) < 4.78 is 5.57. The average Bonchev–Trinajstić information content (AvgIpc) is 2.60. The van der Waals surface area contributed by atoms with Gasteiger partial charge < -0.3 is 9.64 Å². The number of halogens is 1. The number of para-hydroxylation sites is 1.